The first kappa shape index (κ1) is 16.3. The second-order valence-electron chi connectivity index (χ2n) is 5.82. The van der Waals surface area contributed by atoms with E-state index in [1.807, 2.05) is 25.1 Å². The van der Waals surface area contributed by atoms with Crippen molar-refractivity contribution in [1.29, 1.82) is 0 Å². The number of pyridine rings is 1. The van der Waals surface area contributed by atoms with Crippen LogP contribution in [0, 0.1) is 6.92 Å². The van der Waals surface area contributed by atoms with Crippen molar-refractivity contribution >= 4 is 11.7 Å². The van der Waals surface area contributed by atoms with Gasteiger partial charge < -0.3 is 15.4 Å². The van der Waals surface area contributed by atoms with Crippen molar-refractivity contribution < 1.29 is 9.53 Å². The number of hydrogen-bond acceptors (Lipinski definition) is 6. The van der Waals surface area contributed by atoms with Crippen molar-refractivity contribution in [3.8, 4) is 0 Å². The van der Waals surface area contributed by atoms with E-state index in [1.54, 1.807) is 18.6 Å². The molecule has 0 spiro atoms. The third-order valence-electron chi connectivity index (χ3n) is 3.90. The summed E-state index contributed by atoms with van der Waals surface area (Å²) >= 11 is 0. The average Bonchev–Trinajstić information content (AvgIpc) is 2.57. The van der Waals surface area contributed by atoms with Crippen molar-refractivity contribution in [3.63, 3.8) is 0 Å². The zero-order chi connectivity index (χ0) is 16.8. The molecule has 0 aliphatic carbocycles. The Labute approximate surface area is 140 Å². The summed E-state index contributed by atoms with van der Waals surface area (Å²) in [5, 5.41) is 6.44. The number of amides is 1. The predicted molar refractivity (Wildman–Crippen MR) is 89.5 cm³/mol. The quantitative estimate of drug-likeness (QED) is 0.855. The maximum atomic E-state index is 12.3. The fourth-order valence-electron chi connectivity index (χ4n) is 2.73. The van der Waals surface area contributed by atoms with Crippen LogP contribution >= 0.6 is 0 Å². The highest BCUT2D eigenvalue weighted by Crippen LogP contribution is 2.14. The first-order valence-corrected chi connectivity index (χ1v) is 8.03. The summed E-state index contributed by atoms with van der Waals surface area (Å²) in [5.41, 5.74) is 0.901. The molecule has 126 valence electrons. The topological polar surface area (TPSA) is 89.0 Å². The third-order valence-corrected chi connectivity index (χ3v) is 3.90. The summed E-state index contributed by atoms with van der Waals surface area (Å²) in [6, 6.07) is 5.52. The largest absolute Gasteiger partial charge is 0.379 e. The Balaban J connectivity index is 1.60. The fourth-order valence-corrected chi connectivity index (χ4v) is 2.73. The maximum Gasteiger partial charge on any atom is 0.224 e. The van der Waals surface area contributed by atoms with Gasteiger partial charge in [0.05, 0.1) is 25.1 Å². The van der Waals surface area contributed by atoms with Crippen molar-refractivity contribution in [1.82, 2.24) is 20.3 Å². The first-order valence-electron chi connectivity index (χ1n) is 8.03. The van der Waals surface area contributed by atoms with E-state index in [4.69, 9.17) is 4.74 Å². The molecule has 0 saturated carbocycles. The Kier molecular flexibility index (Phi) is 5.32. The van der Waals surface area contributed by atoms with Crippen LogP contribution in [0.5, 0.6) is 0 Å². The van der Waals surface area contributed by atoms with Crippen LogP contribution in [-0.4, -0.2) is 46.2 Å². The van der Waals surface area contributed by atoms with E-state index in [0.717, 1.165) is 17.8 Å². The highest BCUT2D eigenvalue weighted by atomic mass is 16.5. The SMILES string of the molecule is Cc1nccc(N[C@@H]2COCC[C@@H]2NC(=O)Cc2cccnc2)n1. The molecule has 1 aliphatic rings. The van der Waals surface area contributed by atoms with Crippen LogP contribution in [0.25, 0.3) is 0 Å². The van der Waals surface area contributed by atoms with Crippen molar-refractivity contribution in [2.24, 2.45) is 0 Å². The highest BCUT2D eigenvalue weighted by Gasteiger charge is 2.27. The lowest BCUT2D eigenvalue weighted by Crippen LogP contribution is -2.52. The van der Waals surface area contributed by atoms with Crippen LogP contribution in [-0.2, 0) is 16.0 Å². The lowest BCUT2D eigenvalue weighted by Gasteiger charge is -2.33. The zero-order valence-corrected chi connectivity index (χ0v) is 13.6. The number of aromatic nitrogens is 3. The monoisotopic (exact) mass is 327 g/mol. The summed E-state index contributed by atoms with van der Waals surface area (Å²) in [6.07, 6.45) is 6.21. The van der Waals surface area contributed by atoms with Gasteiger partial charge in [0.15, 0.2) is 0 Å². The van der Waals surface area contributed by atoms with Crippen molar-refractivity contribution in [3.05, 3.63) is 48.2 Å². The molecular formula is C17H21N5O2. The number of hydrogen-bond donors (Lipinski definition) is 2. The van der Waals surface area contributed by atoms with Gasteiger partial charge in [0.25, 0.3) is 0 Å². The molecule has 0 radical (unpaired) electrons. The van der Waals surface area contributed by atoms with Gasteiger partial charge in [-0.2, -0.15) is 0 Å². The van der Waals surface area contributed by atoms with E-state index in [-0.39, 0.29) is 18.0 Å². The van der Waals surface area contributed by atoms with E-state index < -0.39 is 0 Å². The number of nitrogens with zero attached hydrogens (tertiary/aromatic N) is 3. The van der Waals surface area contributed by atoms with E-state index in [1.165, 1.54) is 0 Å². The van der Waals surface area contributed by atoms with Gasteiger partial charge in [-0.3, -0.25) is 9.78 Å². The molecule has 1 aliphatic heterocycles. The molecule has 2 atom stereocenters. The molecule has 2 N–H and O–H groups in total. The number of ether oxygens (including phenoxy) is 1. The zero-order valence-electron chi connectivity index (χ0n) is 13.6. The Bertz CT molecular complexity index is 680. The molecule has 1 fully saturated rings. The molecule has 0 unspecified atom stereocenters. The van der Waals surface area contributed by atoms with E-state index in [9.17, 15) is 4.79 Å². The molecule has 0 aromatic carbocycles. The van der Waals surface area contributed by atoms with Gasteiger partial charge >= 0.3 is 0 Å². The smallest absolute Gasteiger partial charge is 0.224 e. The average molecular weight is 327 g/mol. The highest BCUT2D eigenvalue weighted by molar-refractivity contribution is 5.78. The molecule has 7 nitrogen and oxygen atoms in total. The summed E-state index contributed by atoms with van der Waals surface area (Å²) in [4.78, 5) is 24.8. The van der Waals surface area contributed by atoms with Gasteiger partial charge in [0, 0.05) is 25.2 Å². The normalized spacial score (nSPS) is 20.4. The van der Waals surface area contributed by atoms with Gasteiger partial charge in [0.1, 0.15) is 11.6 Å². The number of carbonyl (C=O) groups is 1. The minimum absolute atomic E-state index is 0.00167. The van der Waals surface area contributed by atoms with Crippen LogP contribution in [0.1, 0.15) is 17.8 Å². The minimum atomic E-state index is -0.0223. The van der Waals surface area contributed by atoms with Crippen LogP contribution < -0.4 is 10.6 Å². The number of anilines is 1. The Morgan fingerprint density at radius 1 is 1.33 bits per heavy atom. The summed E-state index contributed by atoms with van der Waals surface area (Å²) in [5.74, 6) is 1.43. The number of nitrogens with one attached hydrogen (secondary N) is 2. The van der Waals surface area contributed by atoms with Gasteiger partial charge in [-0.1, -0.05) is 6.07 Å². The second-order valence-corrected chi connectivity index (χ2v) is 5.82. The number of aryl methyl sites for hydroxylation is 1. The molecule has 3 heterocycles. The van der Waals surface area contributed by atoms with Crippen molar-refractivity contribution in [2.75, 3.05) is 18.5 Å². The molecule has 0 bridgehead atoms. The van der Waals surface area contributed by atoms with E-state index in [2.05, 4.69) is 25.6 Å². The molecule has 1 saturated heterocycles. The van der Waals surface area contributed by atoms with Crippen LogP contribution in [0.15, 0.2) is 36.8 Å². The molecule has 2 aromatic heterocycles. The fraction of sp³-hybridized carbons (Fsp3) is 0.412. The van der Waals surface area contributed by atoms with E-state index >= 15 is 0 Å². The van der Waals surface area contributed by atoms with Crippen LogP contribution in [0.2, 0.25) is 0 Å². The molecule has 24 heavy (non-hydrogen) atoms. The minimum Gasteiger partial charge on any atom is -0.379 e. The maximum absolute atomic E-state index is 12.3. The molecule has 1 amide bonds. The Morgan fingerprint density at radius 3 is 3.04 bits per heavy atom. The van der Waals surface area contributed by atoms with Gasteiger partial charge in [-0.05, 0) is 31.0 Å². The summed E-state index contributed by atoms with van der Waals surface area (Å²) < 4.78 is 5.55. The van der Waals surface area contributed by atoms with Crippen LogP contribution in [0.4, 0.5) is 5.82 Å². The lowest BCUT2D eigenvalue weighted by molar-refractivity contribution is -0.121. The Morgan fingerprint density at radius 2 is 2.25 bits per heavy atom. The summed E-state index contributed by atoms with van der Waals surface area (Å²) in [6.45, 7) is 3.01. The first-order chi connectivity index (χ1) is 11.7. The molecule has 3 rings (SSSR count). The standard InChI is InChI=1S/C17H21N5O2/c1-12-19-7-4-16(20-12)21-15-11-24-8-5-14(15)22-17(23)9-13-3-2-6-18-10-13/h2-4,6-7,10,14-15H,5,8-9,11H2,1H3,(H,22,23)(H,19,20,21)/t14-,15+/m0/s1. The van der Waals surface area contributed by atoms with Crippen molar-refractivity contribution in [2.45, 2.75) is 31.8 Å². The predicted octanol–water partition coefficient (Wildman–Crippen LogP) is 1.11. The van der Waals surface area contributed by atoms with E-state index in [0.29, 0.717) is 25.5 Å². The lowest BCUT2D eigenvalue weighted by atomic mass is 10.0. The number of carbonyl (C=O) groups excluding carboxylic acids is 1. The summed E-state index contributed by atoms with van der Waals surface area (Å²) in [7, 11) is 0. The third kappa shape index (κ3) is 4.48. The van der Waals surface area contributed by atoms with Gasteiger partial charge in [-0.25, -0.2) is 9.97 Å². The number of rotatable bonds is 5. The molecular weight excluding hydrogens is 306 g/mol. The Hall–Kier alpha value is -2.54. The van der Waals surface area contributed by atoms with Gasteiger partial charge in [0.2, 0.25) is 5.91 Å². The molecule has 2 aromatic rings. The molecule has 7 heteroatoms. The second kappa shape index (κ2) is 7.83. The van der Waals surface area contributed by atoms with Crippen LogP contribution in [0.3, 0.4) is 0 Å². The van der Waals surface area contributed by atoms with Gasteiger partial charge in [-0.15, -0.1) is 0 Å².